The molecule has 2 aliphatic heterocycles. The molecule has 1 aromatic heterocycles. The number of carbonyl (C=O) groups excluding carboxylic acids is 1. The van der Waals surface area contributed by atoms with Crippen LogP contribution >= 0.6 is 0 Å². The van der Waals surface area contributed by atoms with Gasteiger partial charge in [-0.3, -0.25) is 4.79 Å². The van der Waals surface area contributed by atoms with E-state index in [4.69, 9.17) is 4.74 Å². The van der Waals surface area contributed by atoms with Crippen LogP contribution in [0.25, 0.3) is 0 Å². The van der Waals surface area contributed by atoms with Crippen molar-refractivity contribution in [2.24, 2.45) is 5.92 Å². The number of rotatable bonds is 3. The van der Waals surface area contributed by atoms with E-state index in [1.54, 1.807) is 0 Å². The molecule has 2 aromatic rings. The first kappa shape index (κ1) is 16.2. The summed E-state index contributed by atoms with van der Waals surface area (Å²) in [5.41, 5.74) is 2.84. The van der Waals surface area contributed by atoms with Crippen LogP contribution in [0.4, 0.5) is 0 Å². The Bertz CT molecular complexity index is 746. The lowest BCUT2D eigenvalue weighted by molar-refractivity contribution is 0.0683. The predicted molar refractivity (Wildman–Crippen MR) is 95.8 cm³/mol. The summed E-state index contributed by atoms with van der Waals surface area (Å²) >= 11 is 0. The predicted octanol–water partition coefficient (Wildman–Crippen LogP) is 3.07. The molecule has 0 atom stereocenters. The average Bonchev–Trinajstić information content (AvgIpc) is 3.00. The van der Waals surface area contributed by atoms with Crippen LogP contribution in [0.2, 0.25) is 0 Å². The van der Waals surface area contributed by atoms with E-state index >= 15 is 0 Å². The lowest BCUT2D eigenvalue weighted by atomic mass is 9.90. The van der Waals surface area contributed by atoms with Crippen molar-refractivity contribution in [3.8, 4) is 5.88 Å². The topological polar surface area (TPSA) is 47.4 Å². The van der Waals surface area contributed by atoms with Crippen molar-refractivity contribution in [1.82, 2.24) is 14.7 Å². The molecule has 0 radical (unpaired) electrons. The summed E-state index contributed by atoms with van der Waals surface area (Å²) in [6, 6.07) is 10.6. The fraction of sp³-hybridized carbons (Fsp3) is 0.500. The number of carbonyl (C=O) groups is 1. The molecule has 25 heavy (non-hydrogen) atoms. The number of nitrogens with zero attached hydrogens (tertiary/aromatic N) is 3. The van der Waals surface area contributed by atoms with Crippen LogP contribution in [0.5, 0.6) is 5.88 Å². The Kier molecular flexibility index (Phi) is 4.47. The monoisotopic (exact) mass is 339 g/mol. The van der Waals surface area contributed by atoms with Crippen molar-refractivity contribution in [2.45, 2.75) is 39.2 Å². The second kappa shape index (κ2) is 6.90. The van der Waals surface area contributed by atoms with Gasteiger partial charge in [-0.2, -0.15) is 5.10 Å². The first-order valence-electron chi connectivity index (χ1n) is 9.26. The zero-order chi connectivity index (χ0) is 17.2. The van der Waals surface area contributed by atoms with Gasteiger partial charge < -0.3 is 9.64 Å². The van der Waals surface area contributed by atoms with Gasteiger partial charge in [0.25, 0.3) is 5.91 Å². The summed E-state index contributed by atoms with van der Waals surface area (Å²) < 4.78 is 7.53. The molecule has 2 aliphatic rings. The highest BCUT2D eigenvalue weighted by Crippen LogP contribution is 2.28. The normalized spacial score (nSPS) is 17.9. The van der Waals surface area contributed by atoms with Gasteiger partial charge in [0.05, 0.1) is 6.61 Å². The standard InChI is InChI=1S/C20H25N3O2/c1-15-18(21-23-10-5-13-25-20(15)23)19(24)22-11-8-17(9-12-22)14-16-6-3-2-4-7-16/h2-4,6-7,17H,5,8-14H2,1H3. The zero-order valence-corrected chi connectivity index (χ0v) is 14.8. The van der Waals surface area contributed by atoms with E-state index in [0.717, 1.165) is 56.8 Å². The molecule has 4 rings (SSSR count). The molecule has 132 valence electrons. The Labute approximate surface area is 148 Å². The van der Waals surface area contributed by atoms with Crippen LogP contribution in [0, 0.1) is 12.8 Å². The van der Waals surface area contributed by atoms with Crippen LogP contribution in [-0.2, 0) is 13.0 Å². The van der Waals surface area contributed by atoms with E-state index in [-0.39, 0.29) is 5.91 Å². The van der Waals surface area contributed by atoms with E-state index in [1.807, 2.05) is 16.5 Å². The van der Waals surface area contributed by atoms with Crippen molar-refractivity contribution in [2.75, 3.05) is 19.7 Å². The third kappa shape index (κ3) is 3.28. The molecule has 5 heteroatoms. The molecule has 1 fully saturated rings. The Morgan fingerprint density at radius 1 is 1.20 bits per heavy atom. The number of amides is 1. The van der Waals surface area contributed by atoms with E-state index in [1.165, 1.54) is 5.56 Å². The lowest BCUT2D eigenvalue weighted by Gasteiger charge is -2.31. The van der Waals surface area contributed by atoms with E-state index in [2.05, 4.69) is 35.4 Å². The number of piperidine rings is 1. The first-order valence-corrected chi connectivity index (χ1v) is 9.26. The fourth-order valence-corrected chi connectivity index (χ4v) is 3.89. The van der Waals surface area contributed by atoms with Gasteiger partial charge in [-0.15, -0.1) is 0 Å². The van der Waals surface area contributed by atoms with Crippen molar-refractivity contribution >= 4 is 5.91 Å². The number of hydrogen-bond donors (Lipinski definition) is 0. The molecule has 0 bridgehead atoms. The van der Waals surface area contributed by atoms with Gasteiger partial charge >= 0.3 is 0 Å². The second-order valence-electron chi connectivity index (χ2n) is 7.13. The van der Waals surface area contributed by atoms with Crippen molar-refractivity contribution in [3.05, 3.63) is 47.2 Å². The molecule has 0 spiro atoms. The smallest absolute Gasteiger partial charge is 0.274 e. The molecule has 0 aliphatic carbocycles. The summed E-state index contributed by atoms with van der Waals surface area (Å²) in [7, 11) is 0. The number of ether oxygens (including phenoxy) is 1. The van der Waals surface area contributed by atoms with Crippen molar-refractivity contribution < 1.29 is 9.53 Å². The highest BCUT2D eigenvalue weighted by atomic mass is 16.5. The maximum absolute atomic E-state index is 12.9. The SMILES string of the molecule is Cc1c(C(=O)N2CCC(Cc3ccccc3)CC2)nn2c1OCCC2. The maximum atomic E-state index is 12.9. The Morgan fingerprint density at radius 2 is 1.96 bits per heavy atom. The minimum absolute atomic E-state index is 0.0566. The molecule has 1 saturated heterocycles. The van der Waals surface area contributed by atoms with Gasteiger partial charge in [0.15, 0.2) is 5.69 Å². The van der Waals surface area contributed by atoms with Gasteiger partial charge in [-0.25, -0.2) is 4.68 Å². The minimum atomic E-state index is 0.0566. The Balaban J connectivity index is 1.39. The fourth-order valence-electron chi connectivity index (χ4n) is 3.89. The summed E-state index contributed by atoms with van der Waals surface area (Å²) in [6.07, 6.45) is 4.18. The molecule has 3 heterocycles. The van der Waals surface area contributed by atoms with Crippen LogP contribution in [0.15, 0.2) is 30.3 Å². The molecule has 0 saturated carbocycles. The van der Waals surface area contributed by atoms with Gasteiger partial charge in [-0.05, 0) is 37.7 Å². The number of aryl methyl sites for hydroxylation is 1. The van der Waals surface area contributed by atoms with E-state index in [0.29, 0.717) is 18.2 Å². The molecular formula is C20H25N3O2. The van der Waals surface area contributed by atoms with Gasteiger partial charge in [0.2, 0.25) is 5.88 Å². The van der Waals surface area contributed by atoms with Crippen LogP contribution in [0.3, 0.4) is 0 Å². The minimum Gasteiger partial charge on any atom is -0.478 e. The van der Waals surface area contributed by atoms with E-state index < -0.39 is 0 Å². The summed E-state index contributed by atoms with van der Waals surface area (Å²) in [5, 5.41) is 4.51. The molecule has 0 unspecified atom stereocenters. The third-order valence-corrected chi connectivity index (χ3v) is 5.36. The van der Waals surface area contributed by atoms with Crippen LogP contribution in [0.1, 0.15) is 40.9 Å². The van der Waals surface area contributed by atoms with Crippen LogP contribution in [-0.4, -0.2) is 40.3 Å². The van der Waals surface area contributed by atoms with Gasteiger partial charge in [0.1, 0.15) is 0 Å². The largest absolute Gasteiger partial charge is 0.478 e. The average molecular weight is 339 g/mol. The highest BCUT2D eigenvalue weighted by Gasteiger charge is 2.29. The molecular weight excluding hydrogens is 314 g/mol. The number of likely N-dealkylation sites (tertiary alicyclic amines) is 1. The number of benzene rings is 1. The van der Waals surface area contributed by atoms with Crippen LogP contribution < -0.4 is 4.74 Å². The zero-order valence-electron chi connectivity index (χ0n) is 14.8. The summed E-state index contributed by atoms with van der Waals surface area (Å²) in [5.74, 6) is 1.49. The number of fused-ring (bicyclic) bond motifs is 1. The van der Waals surface area contributed by atoms with E-state index in [9.17, 15) is 4.79 Å². The lowest BCUT2D eigenvalue weighted by Crippen LogP contribution is -2.39. The highest BCUT2D eigenvalue weighted by molar-refractivity contribution is 5.94. The number of aromatic nitrogens is 2. The third-order valence-electron chi connectivity index (χ3n) is 5.36. The molecule has 5 nitrogen and oxygen atoms in total. The summed E-state index contributed by atoms with van der Waals surface area (Å²) in [6.45, 7) is 5.13. The molecule has 0 N–H and O–H groups in total. The second-order valence-corrected chi connectivity index (χ2v) is 7.13. The van der Waals surface area contributed by atoms with Crippen molar-refractivity contribution in [1.29, 1.82) is 0 Å². The maximum Gasteiger partial charge on any atom is 0.274 e. The molecule has 1 amide bonds. The Morgan fingerprint density at radius 3 is 2.68 bits per heavy atom. The quantitative estimate of drug-likeness (QED) is 0.863. The number of hydrogen-bond acceptors (Lipinski definition) is 3. The Hall–Kier alpha value is -2.30. The summed E-state index contributed by atoms with van der Waals surface area (Å²) in [4.78, 5) is 14.9. The van der Waals surface area contributed by atoms with Crippen molar-refractivity contribution in [3.63, 3.8) is 0 Å². The molecule has 1 aromatic carbocycles. The van der Waals surface area contributed by atoms with Gasteiger partial charge in [0, 0.05) is 31.6 Å². The first-order chi connectivity index (χ1) is 12.2. The van der Waals surface area contributed by atoms with Gasteiger partial charge in [-0.1, -0.05) is 30.3 Å².